The third-order valence-electron chi connectivity index (χ3n) is 2.13. The number of aromatic amines is 1. The van der Waals surface area contributed by atoms with Crippen molar-refractivity contribution in [1.29, 1.82) is 0 Å². The van der Waals surface area contributed by atoms with E-state index < -0.39 is 0 Å². The van der Waals surface area contributed by atoms with Crippen LogP contribution in [0.5, 0.6) is 0 Å². The van der Waals surface area contributed by atoms with Crippen molar-refractivity contribution in [1.82, 2.24) is 4.98 Å². The number of pyridine rings is 1. The third-order valence-corrected chi connectivity index (χ3v) is 3.42. The second-order valence-corrected chi connectivity index (χ2v) is 4.33. The standard InChI is InChI=1S/C11H6Cl3NO/c12-8-3-2-7(10(13)11(8)14)6-1-4-9(16)15-5-6/h1-5H,(H,15,16). The summed E-state index contributed by atoms with van der Waals surface area (Å²) < 4.78 is 0. The minimum atomic E-state index is -0.167. The molecule has 1 N–H and O–H groups in total. The highest BCUT2D eigenvalue weighted by Gasteiger charge is 2.10. The largest absolute Gasteiger partial charge is 0.328 e. The highest BCUT2D eigenvalue weighted by molar-refractivity contribution is 6.49. The smallest absolute Gasteiger partial charge is 0.247 e. The Morgan fingerprint density at radius 3 is 2.31 bits per heavy atom. The first-order valence-electron chi connectivity index (χ1n) is 4.42. The molecule has 82 valence electrons. The lowest BCUT2D eigenvalue weighted by molar-refractivity contribution is 1.24. The second kappa shape index (κ2) is 4.50. The minimum Gasteiger partial charge on any atom is -0.328 e. The molecular weight excluding hydrogens is 268 g/mol. The zero-order chi connectivity index (χ0) is 11.7. The Labute approximate surface area is 107 Å². The predicted octanol–water partition coefficient (Wildman–Crippen LogP) is 4.00. The molecular formula is C11H6Cl3NO. The van der Waals surface area contributed by atoms with Crippen LogP contribution < -0.4 is 5.56 Å². The molecule has 1 aromatic heterocycles. The number of aromatic nitrogens is 1. The molecule has 0 atom stereocenters. The summed E-state index contributed by atoms with van der Waals surface area (Å²) >= 11 is 17.8. The Bertz CT molecular complexity index is 572. The van der Waals surface area contributed by atoms with Crippen molar-refractivity contribution in [3.8, 4) is 11.1 Å². The quantitative estimate of drug-likeness (QED) is 0.783. The maximum Gasteiger partial charge on any atom is 0.247 e. The van der Waals surface area contributed by atoms with Gasteiger partial charge in [0.2, 0.25) is 5.56 Å². The number of H-pyrrole nitrogens is 1. The van der Waals surface area contributed by atoms with Crippen LogP contribution in [0.1, 0.15) is 0 Å². The normalized spacial score (nSPS) is 10.4. The molecule has 0 fully saturated rings. The molecule has 16 heavy (non-hydrogen) atoms. The molecule has 0 spiro atoms. The molecule has 0 saturated carbocycles. The lowest BCUT2D eigenvalue weighted by Gasteiger charge is -2.06. The van der Waals surface area contributed by atoms with Crippen molar-refractivity contribution < 1.29 is 0 Å². The van der Waals surface area contributed by atoms with Crippen LogP contribution in [0.15, 0.2) is 35.3 Å². The topological polar surface area (TPSA) is 32.9 Å². The SMILES string of the molecule is O=c1ccc(-c2ccc(Cl)c(Cl)c2Cl)c[nH]1. The Hall–Kier alpha value is -0.960. The molecule has 0 aliphatic heterocycles. The van der Waals surface area contributed by atoms with E-state index in [0.29, 0.717) is 15.1 Å². The van der Waals surface area contributed by atoms with Crippen molar-refractivity contribution in [2.75, 3.05) is 0 Å². The number of hydrogen-bond donors (Lipinski definition) is 1. The van der Waals surface area contributed by atoms with Gasteiger partial charge in [-0.05, 0) is 17.7 Å². The van der Waals surface area contributed by atoms with Crippen LogP contribution in [-0.4, -0.2) is 4.98 Å². The molecule has 2 rings (SSSR count). The van der Waals surface area contributed by atoms with Crippen molar-refractivity contribution in [3.05, 3.63) is 55.9 Å². The molecule has 1 heterocycles. The molecule has 0 bridgehead atoms. The molecule has 0 aliphatic carbocycles. The molecule has 0 saturated heterocycles. The number of hydrogen-bond acceptors (Lipinski definition) is 1. The number of benzene rings is 1. The maximum absolute atomic E-state index is 10.9. The van der Waals surface area contributed by atoms with Gasteiger partial charge in [-0.15, -0.1) is 0 Å². The summed E-state index contributed by atoms with van der Waals surface area (Å²) in [5.41, 5.74) is 1.34. The maximum atomic E-state index is 10.9. The highest BCUT2D eigenvalue weighted by Crippen LogP contribution is 2.37. The average molecular weight is 275 g/mol. The zero-order valence-corrected chi connectivity index (χ0v) is 10.2. The Kier molecular flexibility index (Phi) is 3.24. The summed E-state index contributed by atoms with van der Waals surface area (Å²) in [5.74, 6) is 0. The van der Waals surface area contributed by atoms with E-state index in [1.165, 1.54) is 6.07 Å². The van der Waals surface area contributed by atoms with Crippen LogP contribution in [-0.2, 0) is 0 Å². The summed E-state index contributed by atoms with van der Waals surface area (Å²) in [4.78, 5) is 13.5. The van der Waals surface area contributed by atoms with E-state index in [0.717, 1.165) is 11.1 Å². The van der Waals surface area contributed by atoms with E-state index >= 15 is 0 Å². The van der Waals surface area contributed by atoms with Crippen molar-refractivity contribution in [2.24, 2.45) is 0 Å². The summed E-state index contributed by atoms with van der Waals surface area (Å²) in [5, 5.41) is 1.09. The summed E-state index contributed by atoms with van der Waals surface area (Å²) in [6, 6.07) is 6.51. The molecule has 0 unspecified atom stereocenters. The lowest BCUT2D eigenvalue weighted by atomic mass is 10.1. The van der Waals surface area contributed by atoms with Gasteiger partial charge in [0.1, 0.15) is 0 Å². The lowest BCUT2D eigenvalue weighted by Crippen LogP contribution is -2.01. The highest BCUT2D eigenvalue weighted by atomic mass is 35.5. The zero-order valence-electron chi connectivity index (χ0n) is 7.93. The van der Waals surface area contributed by atoms with Crippen LogP contribution in [0.3, 0.4) is 0 Å². The van der Waals surface area contributed by atoms with Crippen molar-refractivity contribution in [3.63, 3.8) is 0 Å². The van der Waals surface area contributed by atoms with Crippen LogP contribution in [0.25, 0.3) is 11.1 Å². The van der Waals surface area contributed by atoms with Gasteiger partial charge in [-0.1, -0.05) is 40.9 Å². The fraction of sp³-hybridized carbons (Fsp3) is 0. The van der Waals surface area contributed by atoms with E-state index in [2.05, 4.69) is 4.98 Å². The van der Waals surface area contributed by atoms with Gasteiger partial charge in [0.15, 0.2) is 0 Å². The Balaban J connectivity index is 2.61. The molecule has 1 aromatic carbocycles. The fourth-order valence-electron chi connectivity index (χ4n) is 1.33. The third kappa shape index (κ3) is 2.09. The van der Waals surface area contributed by atoms with Gasteiger partial charge in [-0.25, -0.2) is 0 Å². The van der Waals surface area contributed by atoms with E-state index in [-0.39, 0.29) is 5.56 Å². The summed E-state index contributed by atoms with van der Waals surface area (Å²) in [7, 11) is 0. The Morgan fingerprint density at radius 1 is 0.938 bits per heavy atom. The summed E-state index contributed by atoms with van der Waals surface area (Å²) in [6.07, 6.45) is 1.58. The van der Waals surface area contributed by atoms with Gasteiger partial charge in [0.25, 0.3) is 0 Å². The molecule has 0 radical (unpaired) electrons. The molecule has 2 nitrogen and oxygen atoms in total. The molecule has 0 amide bonds. The van der Waals surface area contributed by atoms with Crippen molar-refractivity contribution in [2.45, 2.75) is 0 Å². The second-order valence-electron chi connectivity index (χ2n) is 3.16. The first kappa shape index (κ1) is 11.5. The molecule has 5 heteroatoms. The Morgan fingerprint density at radius 2 is 1.69 bits per heavy atom. The predicted molar refractivity (Wildman–Crippen MR) is 67.5 cm³/mol. The minimum absolute atomic E-state index is 0.167. The van der Waals surface area contributed by atoms with Gasteiger partial charge in [0.05, 0.1) is 15.1 Å². The average Bonchev–Trinajstić information content (AvgIpc) is 2.28. The van der Waals surface area contributed by atoms with Gasteiger partial charge in [0, 0.05) is 17.8 Å². The first-order valence-corrected chi connectivity index (χ1v) is 5.55. The van der Waals surface area contributed by atoms with Gasteiger partial charge < -0.3 is 4.98 Å². The first-order chi connectivity index (χ1) is 7.59. The van der Waals surface area contributed by atoms with Gasteiger partial charge >= 0.3 is 0 Å². The van der Waals surface area contributed by atoms with E-state index in [1.807, 2.05) is 0 Å². The van der Waals surface area contributed by atoms with Crippen LogP contribution in [0.4, 0.5) is 0 Å². The van der Waals surface area contributed by atoms with Gasteiger partial charge in [-0.2, -0.15) is 0 Å². The van der Waals surface area contributed by atoms with Gasteiger partial charge in [-0.3, -0.25) is 4.79 Å². The number of rotatable bonds is 1. The molecule has 2 aromatic rings. The number of halogens is 3. The molecule has 0 aliphatic rings. The monoisotopic (exact) mass is 273 g/mol. The van der Waals surface area contributed by atoms with E-state index in [1.54, 1.807) is 24.4 Å². The van der Waals surface area contributed by atoms with Crippen LogP contribution >= 0.6 is 34.8 Å². The van der Waals surface area contributed by atoms with Crippen LogP contribution in [0.2, 0.25) is 15.1 Å². The van der Waals surface area contributed by atoms with Crippen molar-refractivity contribution >= 4 is 34.8 Å². The summed E-state index contributed by atoms with van der Waals surface area (Å²) in [6.45, 7) is 0. The number of nitrogens with one attached hydrogen (secondary N) is 1. The van der Waals surface area contributed by atoms with Crippen LogP contribution in [0, 0.1) is 0 Å². The van der Waals surface area contributed by atoms with E-state index in [4.69, 9.17) is 34.8 Å². The van der Waals surface area contributed by atoms with E-state index in [9.17, 15) is 4.79 Å². The fourth-order valence-corrected chi connectivity index (χ4v) is 1.97.